The quantitative estimate of drug-likeness (QED) is 0.740. The average Bonchev–Trinajstić information content (AvgIpc) is 2.52. The van der Waals surface area contributed by atoms with Crippen LogP contribution in [0.5, 0.6) is 0 Å². The molecule has 0 bridgehead atoms. The molecule has 1 atom stereocenters. The zero-order valence-corrected chi connectivity index (χ0v) is 12.3. The van der Waals surface area contributed by atoms with Crippen molar-refractivity contribution >= 4 is 17.5 Å². The molecule has 0 spiro atoms. The molecule has 2 heterocycles. The molecule has 0 aliphatic carbocycles. The third kappa shape index (κ3) is 3.27. The molecule has 2 amide bonds. The highest BCUT2D eigenvalue weighted by atomic mass is 19.1. The summed E-state index contributed by atoms with van der Waals surface area (Å²) in [5.74, 6) is -0.621. The fraction of sp³-hybridized carbons (Fsp3) is 0.500. The molecule has 3 N–H and O–H groups in total. The normalized spacial score (nSPS) is 23.2. The van der Waals surface area contributed by atoms with Crippen molar-refractivity contribution in [1.29, 1.82) is 0 Å². The van der Waals surface area contributed by atoms with Crippen LogP contribution in [0.3, 0.4) is 0 Å². The Hall–Kier alpha value is -1.95. The van der Waals surface area contributed by atoms with E-state index in [9.17, 15) is 14.0 Å². The van der Waals surface area contributed by atoms with Crippen molar-refractivity contribution in [2.75, 3.05) is 18.4 Å². The minimum atomic E-state index is -0.558. The summed E-state index contributed by atoms with van der Waals surface area (Å²) in [5, 5.41) is 8.46. The highest BCUT2D eigenvalue weighted by Crippen LogP contribution is 2.28. The van der Waals surface area contributed by atoms with E-state index < -0.39 is 11.9 Å². The average molecular weight is 305 g/mol. The number of halogens is 1. The van der Waals surface area contributed by atoms with Crippen LogP contribution in [0.15, 0.2) is 18.2 Å². The molecule has 0 saturated carbocycles. The van der Waals surface area contributed by atoms with Gasteiger partial charge in [0.15, 0.2) is 0 Å². The number of amides is 2. The van der Waals surface area contributed by atoms with E-state index in [0.29, 0.717) is 18.0 Å². The fourth-order valence-corrected chi connectivity index (χ4v) is 3.08. The number of nitrogens with one attached hydrogen (secondary N) is 3. The van der Waals surface area contributed by atoms with Crippen LogP contribution in [0.1, 0.15) is 37.2 Å². The summed E-state index contributed by atoms with van der Waals surface area (Å²) in [6, 6.07) is 4.62. The van der Waals surface area contributed by atoms with Gasteiger partial charge in [0.25, 0.3) is 0 Å². The first kappa shape index (κ1) is 15.0. The summed E-state index contributed by atoms with van der Waals surface area (Å²) >= 11 is 0. The molecular formula is C16H20FN3O2. The number of piperidine rings is 2. The van der Waals surface area contributed by atoms with Gasteiger partial charge in [0.05, 0.1) is 5.69 Å². The molecule has 3 rings (SSSR count). The van der Waals surface area contributed by atoms with E-state index >= 15 is 0 Å². The van der Waals surface area contributed by atoms with Crippen molar-refractivity contribution < 1.29 is 14.0 Å². The number of benzene rings is 1. The first-order chi connectivity index (χ1) is 10.6. The van der Waals surface area contributed by atoms with E-state index in [1.54, 1.807) is 12.1 Å². The van der Waals surface area contributed by atoms with Crippen molar-refractivity contribution in [3.63, 3.8) is 0 Å². The van der Waals surface area contributed by atoms with Gasteiger partial charge < -0.3 is 10.6 Å². The Morgan fingerprint density at radius 2 is 1.91 bits per heavy atom. The molecule has 6 heteroatoms. The van der Waals surface area contributed by atoms with Crippen LogP contribution in [0, 0.1) is 5.82 Å². The van der Waals surface area contributed by atoms with Crippen LogP contribution in [0.25, 0.3) is 0 Å². The highest BCUT2D eigenvalue weighted by molar-refractivity contribution is 6.01. The second-order valence-corrected chi connectivity index (χ2v) is 5.91. The van der Waals surface area contributed by atoms with Gasteiger partial charge in [0, 0.05) is 6.42 Å². The van der Waals surface area contributed by atoms with Crippen LogP contribution < -0.4 is 16.0 Å². The van der Waals surface area contributed by atoms with Crippen LogP contribution in [0.2, 0.25) is 0 Å². The monoisotopic (exact) mass is 305 g/mol. The lowest BCUT2D eigenvalue weighted by Gasteiger charge is -2.25. The summed E-state index contributed by atoms with van der Waals surface area (Å²) in [5.41, 5.74) is 1.32. The van der Waals surface area contributed by atoms with Crippen molar-refractivity contribution in [3.05, 3.63) is 29.6 Å². The molecular weight excluding hydrogens is 285 g/mol. The predicted molar refractivity (Wildman–Crippen MR) is 81.0 cm³/mol. The largest absolute Gasteiger partial charge is 0.371 e. The van der Waals surface area contributed by atoms with Crippen LogP contribution >= 0.6 is 0 Å². The minimum absolute atomic E-state index is 0.273. The number of hydrogen-bond acceptors (Lipinski definition) is 4. The van der Waals surface area contributed by atoms with Crippen LogP contribution in [-0.2, 0) is 9.59 Å². The van der Waals surface area contributed by atoms with E-state index in [1.807, 2.05) is 6.07 Å². The van der Waals surface area contributed by atoms with Gasteiger partial charge in [-0.3, -0.25) is 14.9 Å². The van der Waals surface area contributed by atoms with Gasteiger partial charge in [-0.2, -0.15) is 0 Å². The van der Waals surface area contributed by atoms with Crippen molar-refractivity contribution in [1.82, 2.24) is 10.6 Å². The number of imide groups is 1. The van der Waals surface area contributed by atoms with Gasteiger partial charge in [0.1, 0.15) is 11.9 Å². The molecule has 22 heavy (non-hydrogen) atoms. The van der Waals surface area contributed by atoms with Gasteiger partial charge >= 0.3 is 0 Å². The molecule has 2 fully saturated rings. The molecule has 118 valence electrons. The Morgan fingerprint density at radius 1 is 1.14 bits per heavy atom. The SMILES string of the molecule is O=C1CC[C@H](Nc2ccc(C3CCNCC3)cc2F)C(=O)N1. The number of anilines is 1. The topological polar surface area (TPSA) is 70.2 Å². The molecule has 2 aliphatic heterocycles. The lowest BCUT2D eigenvalue weighted by atomic mass is 9.90. The Labute approximate surface area is 128 Å². The second kappa shape index (κ2) is 6.44. The predicted octanol–water partition coefficient (Wildman–Crippen LogP) is 1.51. The van der Waals surface area contributed by atoms with Gasteiger partial charge in [-0.1, -0.05) is 6.07 Å². The first-order valence-corrected chi connectivity index (χ1v) is 7.74. The maximum absolute atomic E-state index is 14.3. The number of rotatable bonds is 3. The lowest BCUT2D eigenvalue weighted by molar-refractivity contribution is -0.133. The molecule has 0 radical (unpaired) electrons. The van der Waals surface area contributed by atoms with Gasteiger partial charge in [0.2, 0.25) is 11.8 Å². The van der Waals surface area contributed by atoms with E-state index in [4.69, 9.17) is 0 Å². The summed E-state index contributed by atoms with van der Waals surface area (Å²) < 4.78 is 14.3. The summed E-state index contributed by atoms with van der Waals surface area (Å²) in [6.07, 6.45) is 2.69. The van der Waals surface area contributed by atoms with Crippen LogP contribution in [0.4, 0.5) is 10.1 Å². The first-order valence-electron chi connectivity index (χ1n) is 7.74. The van der Waals surface area contributed by atoms with Crippen molar-refractivity contribution in [2.45, 2.75) is 37.6 Å². The smallest absolute Gasteiger partial charge is 0.249 e. The Morgan fingerprint density at radius 3 is 2.59 bits per heavy atom. The van der Waals surface area contributed by atoms with Gasteiger partial charge in [-0.15, -0.1) is 0 Å². The summed E-state index contributed by atoms with van der Waals surface area (Å²) in [4.78, 5) is 22.8. The third-order valence-electron chi connectivity index (χ3n) is 4.37. The maximum atomic E-state index is 14.3. The van der Waals surface area contributed by atoms with Crippen molar-refractivity contribution in [3.8, 4) is 0 Å². The van der Waals surface area contributed by atoms with Gasteiger partial charge in [-0.05, 0) is 56.0 Å². The highest BCUT2D eigenvalue weighted by Gasteiger charge is 2.27. The number of carbonyl (C=O) groups excluding carboxylic acids is 2. The second-order valence-electron chi connectivity index (χ2n) is 5.91. The zero-order chi connectivity index (χ0) is 15.5. The minimum Gasteiger partial charge on any atom is -0.371 e. The zero-order valence-electron chi connectivity index (χ0n) is 12.3. The summed E-state index contributed by atoms with van der Waals surface area (Å²) in [7, 11) is 0. The molecule has 0 unspecified atom stereocenters. The van der Waals surface area contributed by atoms with Crippen LogP contribution in [-0.4, -0.2) is 30.9 Å². The Balaban J connectivity index is 1.69. The van der Waals surface area contributed by atoms with E-state index in [1.165, 1.54) is 0 Å². The molecule has 1 aromatic carbocycles. The molecule has 0 aromatic heterocycles. The summed E-state index contributed by atoms with van der Waals surface area (Å²) in [6.45, 7) is 1.92. The van der Waals surface area contributed by atoms with Gasteiger partial charge in [-0.25, -0.2) is 4.39 Å². The standard InChI is InChI=1S/C16H20FN3O2/c17-12-9-11(10-5-7-18-8-6-10)1-2-13(12)19-14-3-4-15(21)20-16(14)22/h1-2,9-10,14,18-19H,3-8H2,(H,20,21,22)/t14-/m0/s1. The van der Waals surface area contributed by atoms with E-state index in [2.05, 4.69) is 16.0 Å². The fourth-order valence-electron chi connectivity index (χ4n) is 3.08. The lowest BCUT2D eigenvalue weighted by Crippen LogP contribution is -2.47. The molecule has 2 saturated heterocycles. The number of carbonyl (C=O) groups is 2. The molecule has 2 aliphatic rings. The Bertz CT molecular complexity index is 585. The Kier molecular flexibility index (Phi) is 4.38. The van der Waals surface area contributed by atoms with E-state index in [-0.39, 0.29) is 18.1 Å². The van der Waals surface area contributed by atoms with E-state index in [0.717, 1.165) is 31.5 Å². The molecule has 5 nitrogen and oxygen atoms in total. The third-order valence-corrected chi connectivity index (χ3v) is 4.37. The van der Waals surface area contributed by atoms with Crippen molar-refractivity contribution in [2.24, 2.45) is 0 Å². The molecule has 1 aromatic rings. The number of hydrogen-bond donors (Lipinski definition) is 3. The maximum Gasteiger partial charge on any atom is 0.249 e.